The van der Waals surface area contributed by atoms with Gasteiger partial charge in [-0.1, -0.05) is 12.1 Å². The Bertz CT molecular complexity index is 1100. The molecule has 0 unspecified atom stereocenters. The van der Waals surface area contributed by atoms with Crippen molar-refractivity contribution >= 4 is 22.8 Å². The van der Waals surface area contributed by atoms with Crippen molar-refractivity contribution in [3.05, 3.63) is 60.9 Å². The number of fused-ring (bicyclic) bond motifs is 1. The number of rotatable bonds is 5. The summed E-state index contributed by atoms with van der Waals surface area (Å²) >= 11 is 0. The van der Waals surface area contributed by atoms with Gasteiger partial charge in [0.05, 0.1) is 23.5 Å². The number of hydrogen-bond donors (Lipinski definition) is 2. The van der Waals surface area contributed by atoms with Crippen LogP contribution in [0.5, 0.6) is 0 Å². The Kier molecular flexibility index (Phi) is 4.84. The number of amides is 1. The Balaban J connectivity index is 1.20. The van der Waals surface area contributed by atoms with E-state index in [2.05, 4.69) is 35.4 Å². The summed E-state index contributed by atoms with van der Waals surface area (Å²) in [7, 11) is 0. The molecule has 9 heteroatoms. The fourth-order valence-corrected chi connectivity index (χ4v) is 3.82. The van der Waals surface area contributed by atoms with E-state index in [4.69, 9.17) is 0 Å². The van der Waals surface area contributed by atoms with Gasteiger partial charge in [-0.25, -0.2) is 9.97 Å². The first-order valence-electron chi connectivity index (χ1n) is 10.0. The van der Waals surface area contributed by atoms with Gasteiger partial charge in [0.25, 0.3) is 0 Å². The van der Waals surface area contributed by atoms with Crippen molar-refractivity contribution in [3.8, 4) is 5.82 Å². The van der Waals surface area contributed by atoms with E-state index in [1.54, 1.807) is 17.1 Å². The minimum Gasteiger partial charge on any atom is -0.354 e. The lowest BCUT2D eigenvalue weighted by atomic mass is 9.97. The largest absolute Gasteiger partial charge is 0.354 e. The fourth-order valence-electron chi connectivity index (χ4n) is 3.82. The molecule has 2 N–H and O–H groups in total. The Labute approximate surface area is 173 Å². The second-order valence-corrected chi connectivity index (χ2v) is 7.42. The molecule has 1 fully saturated rings. The summed E-state index contributed by atoms with van der Waals surface area (Å²) in [4.78, 5) is 26.7. The smallest absolute Gasteiger partial charge is 0.225 e. The van der Waals surface area contributed by atoms with Gasteiger partial charge >= 0.3 is 0 Å². The molecule has 0 saturated carbocycles. The number of imidazole rings is 2. The number of benzene rings is 1. The number of aromatic nitrogens is 6. The second kappa shape index (κ2) is 7.94. The monoisotopic (exact) mass is 402 g/mol. The molecular formula is C21H22N8O. The quantitative estimate of drug-likeness (QED) is 0.530. The van der Waals surface area contributed by atoms with Gasteiger partial charge in [0, 0.05) is 25.5 Å². The van der Waals surface area contributed by atoms with E-state index in [0.717, 1.165) is 42.1 Å². The fraction of sp³-hybridized carbons (Fsp3) is 0.286. The molecule has 4 heterocycles. The molecule has 0 spiro atoms. The van der Waals surface area contributed by atoms with Crippen LogP contribution in [0.4, 0.5) is 5.82 Å². The van der Waals surface area contributed by atoms with Crippen LogP contribution in [-0.4, -0.2) is 48.7 Å². The molecule has 4 aromatic rings. The SMILES string of the molecule is O=C(NCc1nc2ccccc2[nH]1)[C@H]1CCCN(c2ccc(-n3ccnc3)nn2)C1. The highest BCUT2D eigenvalue weighted by atomic mass is 16.1. The lowest BCUT2D eigenvalue weighted by Gasteiger charge is -2.32. The molecule has 3 aromatic heterocycles. The Morgan fingerprint density at radius 2 is 2.03 bits per heavy atom. The van der Waals surface area contributed by atoms with E-state index in [9.17, 15) is 4.79 Å². The Morgan fingerprint density at radius 1 is 1.17 bits per heavy atom. The molecule has 1 saturated heterocycles. The number of hydrogen-bond acceptors (Lipinski definition) is 6. The molecule has 1 aliphatic rings. The topological polar surface area (TPSA) is 105 Å². The van der Waals surface area contributed by atoms with Crippen molar-refractivity contribution in [1.82, 2.24) is 35.0 Å². The second-order valence-electron chi connectivity index (χ2n) is 7.42. The molecule has 30 heavy (non-hydrogen) atoms. The first-order valence-corrected chi connectivity index (χ1v) is 10.0. The van der Waals surface area contributed by atoms with Crippen molar-refractivity contribution in [2.75, 3.05) is 18.0 Å². The number of carbonyl (C=O) groups is 1. The van der Waals surface area contributed by atoms with Crippen LogP contribution in [0, 0.1) is 5.92 Å². The molecule has 1 aromatic carbocycles. The summed E-state index contributed by atoms with van der Waals surface area (Å²) in [6.45, 7) is 1.89. The Morgan fingerprint density at radius 3 is 2.83 bits per heavy atom. The zero-order valence-electron chi connectivity index (χ0n) is 16.4. The third-order valence-corrected chi connectivity index (χ3v) is 5.39. The Hall–Kier alpha value is -3.75. The van der Waals surface area contributed by atoms with E-state index in [0.29, 0.717) is 18.9 Å². The first-order chi connectivity index (χ1) is 14.8. The zero-order valence-corrected chi connectivity index (χ0v) is 16.4. The number of piperidine rings is 1. The lowest BCUT2D eigenvalue weighted by Crippen LogP contribution is -2.43. The number of carbonyl (C=O) groups excluding carboxylic acids is 1. The highest BCUT2D eigenvalue weighted by Gasteiger charge is 2.26. The number of nitrogens with one attached hydrogen (secondary N) is 2. The van der Waals surface area contributed by atoms with Crippen LogP contribution in [0.2, 0.25) is 0 Å². The van der Waals surface area contributed by atoms with Gasteiger partial charge in [0.15, 0.2) is 11.6 Å². The number of nitrogens with zero attached hydrogens (tertiary/aromatic N) is 6. The van der Waals surface area contributed by atoms with Gasteiger partial charge in [-0.05, 0) is 37.1 Å². The van der Waals surface area contributed by atoms with Crippen molar-refractivity contribution < 1.29 is 4.79 Å². The number of para-hydroxylation sites is 2. The van der Waals surface area contributed by atoms with Gasteiger partial charge in [0.1, 0.15) is 12.2 Å². The molecule has 1 amide bonds. The summed E-state index contributed by atoms with van der Waals surface area (Å²) in [5.41, 5.74) is 1.88. The first kappa shape index (κ1) is 18.3. The molecule has 9 nitrogen and oxygen atoms in total. The van der Waals surface area contributed by atoms with Crippen LogP contribution in [0.1, 0.15) is 18.7 Å². The van der Waals surface area contributed by atoms with Crippen LogP contribution >= 0.6 is 0 Å². The third-order valence-electron chi connectivity index (χ3n) is 5.39. The minimum atomic E-state index is -0.0850. The molecule has 1 aliphatic heterocycles. The van der Waals surface area contributed by atoms with Crippen LogP contribution in [-0.2, 0) is 11.3 Å². The van der Waals surface area contributed by atoms with Gasteiger partial charge in [0.2, 0.25) is 5.91 Å². The average molecular weight is 402 g/mol. The maximum absolute atomic E-state index is 12.7. The summed E-state index contributed by atoms with van der Waals surface area (Å²) in [6.07, 6.45) is 7.02. The predicted octanol–water partition coefficient (Wildman–Crippen LogP) is 2.07. The van der Waals surface area contributed by atoms with Gasteiger partial charge < -0.3 is 15.2 Å². The zero-order chi connectivity index (χ0) is 20.3. The summed E-state index contributed by atoms with van der Waals surface area (Å²) in [6, 6.07) is 11.7. The van der Waals surface area contributed by atoms with Crippen molar-refractivity contribution in [2.24, 2.45) is 5.92 Å². The van der Waals surface area contributed by atoms with Crippen molar-refractivity contribution in [2.45, 2.75) is 19.4 Å². The average Bonchev–Trinajstić information content (AvgIpc) is 3.47. The van der Waals surface area contributed by atoms with Crippen LogP contribution in [0.25, 0.3) is 16.9 Å². The summed E-state index contributed by atoms with van der Waals surface area (Å²) in [5.74, 6) is 2.22. The van der Waals surface area contributed by atoms with Gasteiger partial charge in [-0.2, -0.15) is 0 Å². The van der Waals surface area contributed by atoms with Crippen molar-refractivity contribution in [1.29, 1.82) is 0 Å². The normalized spacial score (nSPS) is 16.7. The molecule has 1 atom stereocenters. The van der Waals surface area contributed by atoms with Gasteiger partial charge in [-0.15, -0.1) is 10.2 Å². The number of H-pyrrole nitrogens is 1. The van der Waals surface area contributed by atoms with E-state index in [1.807, 2.05) is 42.6 Å². The number of aromatic amines is 1. The molecule has 0 radical (unpaired) electrons. The van der Waals surface area contributed by atoms with Crippen LogP contribution in [0.15, 0.2) is 55.1 Å². The lowest BCUT2D eigenvalue weighted by molar-refractivity contribution is -0.125. The summed E-state index contributed by atoms with van der Waals surface area (Å²) < 4.78 is 1.81. The van der Waals surface area contributed by atoms with Crippen LogP contribution < -0.4 is 10.2 Å². The molecule has 0 aliphatic carbocycles. The predicted molar refractivity (Wildman–Crippen MR) is 112 cm³/mol. The highest BCUT2D eigenvalue weighted by Crippen LogP contribution is 2.22. The minimum absolute atomic E-state index is 0.0446. The molecule has 5 rings (SSSR count). The highest BCUT2D eigenvalue weighted by molar-refractivity contribution is 5.80. The number of anilines is 1. The van der Waals surface area contributed by atoms with E-state index < -0.39 is 0 Å². The maximum Gasteiger partial charge on any atom is 0.225 e. The van der Waals surface area contributed by atoms with E-state index in [1.165, 1.54) is 0 Å². The summed E-state index contributed by atoms with van der Waals surface area (Å²) in [5, 5.41) is 11.7. The van der Waals surface area contributed by atoms with Crippen LogP contribution in [0.3, 0.4) is 0 Å². The molecular weight excluding hydrogens is 380 g/mol. The maximum atomic E-state index is 12.7. The standard InChI is InChI=1S/C21H22N8O/c30-21(23-12-18-24-16-5-1-2-6-17(16)25-18)15-4-3-10-28(13-15)19-7-8-20(27-26-19)29-11-9-22-14-29/h1-2,5-9,11,14-15H,3-4,10,12-13H2,(H,23,30)(H,24,25)/t15-/m0/s1. The van der Waals surface area contributed by atoms with E-state index in [-0.39, 0.29) is 11.8 Å². The third kappa shape index (κ3) is 3.73. The molecule has 0 bridgehead atoms. The molecule has 152 valence electrons. The van der Waals surface area contributed by atoms with Gasteiger partial charge in [-0.3, -0.25) is 9.36 Å². The van der Waals surface area contributed by atoms with E-state index >= 15 is 0 Å². The van der Waals surface area contributed by atoms with Crippen molar-refractivity contribution in [3.63, 3.8) is 0 Å².